The summed E-state index contributed by atoms with van der Waals surface area (Å²) >= 11 is 0. The fraction of sp³-hybridized carbons (Fsp3) is 0.486. The van der Waals surface area contributed by atoms with Gasteiger partial charge in [-0.2, -0.15) is 0 Å². The summed E-state index contributed by atoms with van der Waals surface area (Å²) in [6.07, 6.45) is 10.3. The first-order valence-electron chi connectivity index (χ1n) is 16.5. The number of aromatic nitrogens is 5. The topological polar surface area (TPSA) is 157 Å². The van der Waals surface area contributed by atoms with E-state index in [-0.39, 0.29) is 24.2 Å². The van der Waals surface area contributed by atoms with Gasteiger partial charge in [0, 0.05) is 37.2 Å². The molecule has 2 amide bonds. The Kier molecular flexibility index (Phi) is 10.7. The molecule has 1 fully saturated rings. The van der Waals surface area contributed by atoms with Crippen LogP contribution >= 0.6 is 0 Å². The Morgan fingerprint density at radius 2 is 1.56 bits per heavy atom. The first-order valence-corrected chi connectivity index (χ1v) is 16.5. The highest BCUT2D eigenvalue weighted by Crippen LogP contribution is 2.27. The summed E-state index contributed by atoms with van der Waals surface area (Å²) < 4.78 is 12.8. The molecule has 13 nitrogen and oxygen atoms in total. The zero-order valence-corrected chi connectivity index (χ0v) is 28.6. The maximum absolute atomic E-state index is 12.2. The average Bonchev–Trinajstić information content (AvgIpc) is 3.46. The van der Waals surface area contributed by atoms with Crippen LogP contribution in [0.1, 0.15) is 85.3 Å². The molecule has 0 spiro atoms. The second-order valence-corrected chi connectivity index (χ2v) is 14.0. The van der Waals surface area contributed by atoms with E-state index in [1.165, 1.54) is 0 Å². The lowest BCUT2D eigenvalue weighted by molar-refractivity contribution is 0.0488. The van der Waals surface area contributed by atoms with Crippen LogP contribution in [0.25, 0.3) is 17.0 Å². The number of amides is 2. The second-order valence-electron chi connectivity index (χ2n) is 14.0. The largest absolute Gasteiger partial charge is 0.444 e. The number of benzene rings is 1. The van der Waals surface area contributed by atoms with Crippen molar-refractivity contribution >= 4 is 29.6 Å². The third-order valence-corrected chi connectivity index (χ3v) is 7.74. The molecule has 0 aliphatic heterocycles. The maximum atomic E-state index is 12.2. The molecule has 5 rings (SSSR count). The van der Waals surface area contributed by atoms with E-state index in [2.05, 4.69) is 31.2 Å². The van der Waals surface area contributed by atoms with Crippen molar-refractivity contribution in [2.45, 2.75) is 103 Å². The molecule has 1 atom stereocenters. The number of carbonyl (C=O) groups is 2. The van der Waals surface area contributed by atoms with Crippen LogP contribution in [0.4, 0.5) is 21.4 Å². The normalized spacial score (nSPS) is 17.3. The van der Waals surface area contributed by atoms with Gasteiger partial charge in [0.2, 0.25) is 5.95 Å². The second kappa shape index (κ2) is 14.9. The Labute approximate surface area is 281 Å². The standard InChI is InChI=1S/C35H47N9O4/c1-34(2,3)47-32(45)38-19-16-26(23-10-8-7-9-11-23)42-31-37-18-17-27(43-31)28-22-39-30-29(36-20-21-44(28)30)40-24-12-14-25(15-13-24)41-33(46)48-35(4,5)6/h7-11,17-18,20-22,24-26H,12-16,19H2,1-6H3,(H,36,40)(H,38,45)(H,41,46)(H,37,42,43). The minimum atomic E-state index is -0.568. The summed E-state index contributed by atoms with van der Waals surface area (Å²) in [5.41, 5.74) is 2.15. The van der Waals surface area contributed by atoms with Crippen molar-refractivity contribution < 1.29 is 19.1 Å². The van der Waals surface area contributed by atoms with Crippen molar-refractivity contribution in [1.82, 2.24) is 35.0 Å². The lowest BCUT2D eigenvalue weighted by Crippen LogP contribution is -2.42. The van der Waals surface area contributed by atoms with E-state index in [1.54, 1.807) is 18.6 Å². The number of nitrogens with zero attached hydrogens (tertiary/aromatic N) is 5. The van der Waals surface area contributed by atoms with Gasteiger partial charge in [0.25, 0.3) is 0 Å². The number of fused-ring (bicyclic) bond motifs is 1. The monoisotopic (exact) mass is 657 g/mol. The summed E-state index contributed by atoms with van der Waals surface area (Å²) in [5, 5.41) is 12.9. The molecule has 0 bridgehead atoms. The quantitative estimate of drug-likeness (QED) is 0.148. The summed E-state index contributed by atoms with van der Waals surface area (Å²) in [5.74, 6) is 1.15. The molecule has 48 heavy (non-hydrogen) atoms. The smallest absolute Gasteiger partial charge is 0.407 e. The molecule has 4 N–H and O–H groups in total. The van der Waals surface area contributed by atoms with E-state index in [0.29, 0.717) is 36.1 Å². The third kappa shape index (κ3) is 9.79. The van der Waals surface area contributed by atoms with Crippen LogP contribution in [0, 0.1) is 0 Å². The number of rotatable bonds is 10. The first kappa shape index (κ1) is 34.4. The first-order chi connectivity index (χ1) is 22.8. The van der Waals surface area contributed by atoms with E-state index in [1.807, 2.05) is 88.5 Å². The molecule has 1 aromatic carbocycles. The summed E-state index contributed by atoms with van der Waals surface area (Å²) in [4.78, 5) is 43.1. The number of hydrogen-bond acceptors (Lipinski definition) is 10. The summed E-state index contributed by atoms with van der Waals surface area (Å²) in [6, 6.07) is 12.0. The minimum absolute atomic E-state index is 0.0861. The van der Waals surface area contributed by atoms with Crippen molar-refractivity contribution in [3.63, 3.8) is 0 Å². The van der Waals surface area contributed by atoms with Crippen LogP contribution in [0.5, 0.6) is 0 Å². The van der Waals surface area contributed by atoms with Crippen LogP contribution in [-0.4, -0.2) is 66.4 Å². The lowest BCUT2D eigenvalue weighted by atomic mass is 9.91. The summed E-state index contributed by atoms with van der Waals surface area (Å²) in [6.45, 7) is 11.5. The summed E-state index contributed by atoms with van der Waals surface area (Å²) in [7, 11) is 0. The van der Waals surface area contributed by atoms with E-state index in [9.17, 15) is 9.59 Å². The van der Waals surface area contributed by atoms with Crippen molar-refractivity contribution in [3.05, 3.63) is 66.7 Å². The molecule has 0 radical (unpaired) electrons. The highest BCUT2D eigenvalue weighted by Gasteiger charge is 2.26. The highest BCUT2D eigenvalue weighted by molar-refractivity contribution is 5.70. The van der Waals surface area contributed by atoms with Crippen molar-refractivity contribution in [1.29, 1.82) is 0 Å². The Hall–Kier alpha value is -4.94. The Bertz CT molecular complexity index is 1670. The van der Waals surface area contributed by atoms with Gasteiger partial charge in [0.1, 0.15) is 11.2 Å². The van der Waals surface area contributed by atoms with Crippen LogP contribution in [0.15, 0.2) is 61.2 Å². The highest BCUT2D eigenvalue weighted by atomic mass is 16.6. The average molecular weight is 658 g/mol. The zero-order chi connectivity index (χ0) is 34.3. The van der Waals surface area contributed by atoms with E-state index in [0.717, 1.165) is 36.9 Å². The Morgan fingerprint density at radius 3 is 2.27 bits per heavy atom. The lowest BCUT2D eigenvalue weighted by Gasteiger charge is -2.30. The van der Waals surface area contributed by atoms with Crippen LogP contribution in [0.3, 0.4) is 0 Å². The van der Waals surface area contributed by atoms with Gasteiger partial charge in [-0.05, 0) is 85.3 Å². The Balaban J connectivity index is 1.24. The predicted molar refractivity (Wildman–Crippen MR) is 185 cm³/mol. The van der Waals surface area contributed by atoms with Crippen molar-refractivity contribution in [2.75, 3.05) is 17.2 Å². The molecular weight excluding hydrogens is 610 g/mol. The fourth-order valence-corrected chi connectivity index (χ4v) is 5.63. The van der Waals surface area contributed by atoms with E-state index >= 15 is 0 Å². The van der Waals surface area contributed by atoms with Crippen LogP contribution in [0.2, 0.25) is 0 Å². The molecule has 1 aliphatic carbocycles. The molecule has 1 aliphatic rings. The molecule has 3 aromatic heterocycles. The molecule has 256 valence electrons. The van der Waals surface area contributed by atoms with Gasteiger partial charge >= 0.3 is 12.2 Å². The van der Waals surface area contributed by atoms with Crippen LogP contribution < -0.4 is 21.3 Å². The molecule has 0 saturated heterocycles. The van der Waals surface area contributed by atoms with Gasteiger partial charge in [0.05, 0.1) is 23.6 Å². The predicted octanol–water partition coefficient (Wildman–Crippen LogP) is 6.50. The van der Waals surface area contributed by atoms with Gasteiger partial charge < -0.3 is 30.7 Å². The van der Waals surface area contributed by atoms with E-state index < -0.39 is 17.3 Å². The number of alkyl carbamates (subject to hydrolysis) is 2. The number of imidazole rings is 1. The fourth-order valence-electron chi connectivity index (χ4n) is 5.63. The van der Waals surface area contributed by atoms with E-state index in [4.69, 9.17) is 19.4 Å². The SMILES string of the molecule is CC(C)(C)OC(=O)NCCC(Nc1nccc(-c2cnc3c(NC4CCC(NC(=O)OC(C)(C)C)CC4)nccn23)n1)c1ccccc1. The van der Waals surface area contributed by atoms with Gasteiger partial charge in [-0.3, -0.25) is 4.40 Å². The number of ether oxygens (including phenoxy) is 2. The van der Waals surface area contributed by atoms with Crippen molar-refractivity contribution in [3.8, 4) is 11.4 Å². The maximum Gasteiger partial charge on any atom is 0.407 e. The third-order valence-electron chi connectivity index (χ3n) is 7.74. The molecular formula is C35H47N9O4. The van der Waals surface area contributed by atoms with Gasteiger partial charge in [0.15, 0.2) is 11.5 Å². The number of carbonyl (C=O) groups excluding carboxylic acids is 2. The Morgan fingerprint density at radius 1 is 0.875 bits per heavy atom. The minimum Gasteiger partial charge on any atom is -0.444 e. The van der Waals surface area contributed by atoms with Crippen LogP contribution in [-0.2, 0) is 9.47 Å². The van der Waals surface area contributed by atoms with Crippen molar-refractivity contribution in [2.24, 2.45) is 0 Å². The number of nitrogens with one attached hydrogen (secondary N) is 4. The van der Waals surface area contributed by atoms with Gasteiger partial charge in [-0.15, -0.1) is 0 Å². The van der Waals surface area contributed by atoms with Gasteiger partial charge in [-0.1, -0.05) is 30.3 Å². The molecule has 1 unspecified atom stereocenters. The van der Waals surface area contributed by atoms with Gasteiger partial charge in [-0.25, -0.2) is 29.5 Å². The molecule has 3 heterocycles. The number of hydrogen-bond donors (Lipinski definition) is 4. The molecule has 4 aromatic rings. The molecule has 13 heteroatoms. The molecule has 1 saturated carbocycles. The number of anilines is 2. The zero-order valence-electron chi connectivity index (χ0n) is 28.6.